The maximum atomic E-state index is 12.1. The van der Waals surface area contributed by atoms with E-state index in [-0.39, 0.29) is 18.3 Å². The number of methoxy groups -OCH3 is 1. The van der Waals surface area contributed by atoms with Gasteiger partial charge in [-0.15, -0.1) is 0 Å². The van der Waals surface area contributed by atoms with Gasteiger partial charge >= 0.3 is 0 Å². The fraction of sp³-hybridized carbons (Fsp3) is 0.250. The van der Waals surface area contributed by atoms with Crippen LogP contribution in [0.3, 0.4) is 0 Å². The van der Waals surface area contributed by atoms with Crippen LogP contribution in [0.5, 0.6) is 5.88 Å². The predicted molar refractivity (Wildman–Crippen MR) is 79.3 cm³/mol. The summed E-state index contributed by atoms with van der Waals surface area (Å²) < 4.78 is 5.04. The van der Waals surface area contributed by atoms with Gasteiger partial charge in [0, 0.05) is 12.7 Å². The molecule has 110 valence electrons. The second-order valence-corrected chi connectivity index (χ2v) is 4.64. The molecule has 0 radical (unpaired) electrons. The fourth-order valence-corrected chi connectivity index (χ4v) is 2.08. The van der Waals surface area contributed by atoms with E-state index in [2.05, 4.69) is 10.3 Å². The van der Waals surface area contributed by atoms with Gasteiger partial charge in [0.15, 0.2) is 0 Å². The maximum Gasteiger partial charge on any atom is 0.256 e. The number of aromatic nitrogens is 1. The summed E-state index contributed by atoms with van der Waals surface area (Å²) in [6, 6.07) is 10.8. The third-order valence-corrected chi connectivity index (χ3v) is 3.21. The van der Waals surface area contributed by atoms with E-state index in [4.69, 9.17) is 4.74 Å². The third kappa shape index (κ3) is 3.58. The van der Waals surface area contributed by atoms with Gasteiger partial charge in [-0.1, -0.05) is 24.3 Å². The highest BCUT2D eigenvalue weighted by Crippen LogP contribution is 2.17. The number of rotatable bonds is 5. The van der Waals surface area contributed by atoms with Crippen LogP contribution in [0.25, 0.3) is 0 Å². The van der Waals surface area contributed by atoms with Crippen LogP contribution >= 0.6 is 0 Å². The summed E-state index contributed by atoms with van der Waals surface area (Å²) in [6.45, 7) is 2.05. The standard InChI is InChI=1S/C16H18N2O3/c1-11-6-3-4-7-12(11)14(19)10-18-15(20)13-8-5-9-17-16(13)21-2/h3-9,14,19H,10H2,1-2H3,(H,18,20). The van der Waals surface area contributed by atoms with Gasteiger partial charge in [0.1, 0.15) is 5.56 Å². The zero-order valence-corrected chi connectivity index (χ0v) is 12.0. The number of nitrogens with zero attached hydrogens (tertiary/aromatic N) is 1. The Hall–Kier alpha value is -2.40. The molecule has 5 nitrogen and oxygen atoms in total. The number of aryl methyl sites for hydroxylation is 1. The number of carbonyl (C=O) groups is 1. The van der Waals surface area contributed by atoms with Crippen molar-refractivity contribution in [1.82, 2.24) is 10.3 Å². The number of benzene rings is 1. The Morgan fingerprint density at radius 1 is 1.33 bits per heavy atom. The molecular weight excluding hydrogens is 268 g/mol. The Bertz CT molecular complexity index is 628. The topological polar surface area (TPSA) is 71.5 Å². The molecule has 1 heterocycles. The molecule has 1 aromatic carbocycles. The van der Waals surface area contributed by atoms with E-state index < -0.39 is 6.10 Å². The largest absolute Gasteiger partial charge is 0.480 e. The molecule has 0 aliphatic rings. The molecule has 0 aliphatic heterocycles. The molecule has 0 bridgehead atoms. The van der Waals surface area contributed by atoms with E-state index in [1.165, 1.54) is 7.11 Å². The molecule has 21 heavy (non-hydrogen) atoms. The highest BCUT2D eigenvalue weighted by molar-refractivity contribution is 5.96. The molecule has 0 aliphatic carbocycles. The van der Waals surface area contributed by atoms with Crippen LogP contribution in [0.4, 0.5) is 0 Å². The predicted octanol–water partition coefficient (Wildman–Crippen LogP) is 1.86. The Morgan fingerprint density at radius 3 is 2.81 bits per heavy atom. The van der Waals surface area contributed by atoms with Gasteiger partial charge in [-0.2, -0.15) is 0 Å². The number of nitrogens with one attached hydrogen (secondary N) is 1. The number of amides is 1. The molecule has 2 aromatic rings. The van der Waals surface area contributed by atoms with Crippen LogP contribution in [-0.2, 0) is 0 Å². The molecule has 1 amide bonds. The Labute approximate surface area is 123 Å². The quantitative estimate of drug-likeness (QED) is 0.880. The van der Waals surface area contributed by atoms with Crippen molar-refractivity contribution in [1.29, 1.82) is 0 Å². The molecule has 0 fully saturated rings. The van der Waals surface area contributed by atoms with Crippen molar-refractivity contribution in [2.75, 3.05) is 13.7 Å². The molecule has 1 atom stereocenters. The molecule has 1 aromatic heterocycles. The Balaban J connectivity index is 2.03. The van der Waals surface area contributed by atoms with Gasteiger partial charge in [-0.3, -0.25) is 4.79 Å². The van der Waals surface area contributed by atoms with Crippen LogP contribution in [0.1, 0.15) is 27.6 Å². The molecule has 0 saturated heterocycles. The average molecular weight is 286 g/mol. The Morgan fingerprint density at radius 2 is 2.10 bits per heavy atom. The lowest BCUT2D eigenvalue weighted by molar-refractivity contribution is 0.0912. The summed E-state index contributed by atoms with van der Waals surface area (Å²) in [6.07, 6.45) is 0.801. The molecule has 0 saturated carbocycles. The van der Waals surface area contributed by atoms with Gasteiger partial charge in [0.2, 0.25) is 5.88 Å². The first-order valence-corrected chi connectivity index (χ1v) is 6.64. The number of hydrogen-bond acceptors (Lipinski definition) is 4. The molecule has 2 N–H and O–H groups in total. The first-order chi connectivity index (χ1) is 10.1. The average Bonchev–Trinajstić information content (AvgIpc) is 2.52. The smallest absolute Gasteiger partial charge is 0.256 e. The number of aliphatic hydroxyl groups excluding tert-OH is 1. The van der Waals surface area contributed by atoms with Crippen molar-refractivity contribution in [3.8, 4) is 5.88 Å². The zero-order valence-electron chi connectivity index (χ0n) is 12.0. The summed E-state index contributed by atoms with van der Waals surface area (Å²) >= 11 is 0. The number of ether oxygens (including phenoxy) is 1. The minimum absolute atomic E-state index is 0.127. The van der Waals surface area contributed by atoms with E-state index in [0.29, 0.717) is 5.56 Å². The monoisotopic (exact) mass is 286 g/mol. The second kappa shape index (κ2) is 6.85. The second-order valence-electron chi connectivity index (χ2n) is 4.64. The van der Waals surface area contributed by atoms with E-state index in [0.717, 1.165) is 11.1 Å². The van der Waals surface area contributed by atoms with Gasteiger partial charge < -0.3 is 15.2 Å². The number of pyridine rings is 1. The molecular formula is C16H18N2O3. The van der Waals surface area contributed by atoms with E-state index in [1.807, 2.05) is 31.2 Å². The van der Waals surface area contributed by atoms with Crippen molar-refractivity contribution in [2.24, 2.45) is 0 Å². The summed E-state index contributed by atoms with van der Waals surface area (Å²) in [5.74, 6) is -0.0621. The van der Waals surface area contributed by atoms with Crippen LogP contribution in [-0.4, -0.2) is 29.7 Å². The van der Waals surface area contributed by atoms with Gasteiger partial charge in [0.05, 0.1) is 13.2 Å². The summed E-state index contributed by atoms with van der Waals surface area (Å²) in [7, 11) is 1.46. The van der Waals surface area contributed by atoms with Crippen molar-refractivity contribution in [3.05, 3.63) is 59.3 Å². The fourth-order valence-electron chi connectivity index (χ4n) is 2.08. The zero-order chi connectivity index (χ0) is 15.2. The van der Waals surface area contributed by atoms with Gasteiger partial charge in [-0.25, -0.2) is 4.98 Å². The van der Waals surface area contributed by atoms with Crippen LogP contribution < -0.4 is 10.1 Å². The van der Waals surface area contributed by atoms with E-state index in [9.17, 15) is 9.90 Å². The lowest BCUT2D eigenvalue weighted by Crippen LogP contribution is -2.29. The van der Waals surface area contributed by atoms with Crippen molar-refractivity contribution >= 4 is 5.91 Å². The highest BCUT2D eigenvalue weighted by Gasteiger charge is 2.15. The first kappa shape index (κ1) is 15.0. The highest BCUT2D eigenvalue weighted by atomic mass is 16.5. The van der Waals surface area contributed by atoms with Crippen molar-refractivity contribution in [2.45, 2.75) is 13.0 Å². The number of carbonyl (C=O) groups excluding carboxylic acids is 1. The molecule has 5 heteroatoms. The lowest BCUT2D eigenvalue weighted by atomic mass is 10.0. The van der Waals surface area contributed by atoms with Crippen molar-refractivity contribution < 1.29 is 14.6 Å². The van der Waals surface area contributed by atoms with Crippen LogP contribution in [0.2, 0.25) is 0 Å². The van der Waals surface area contributed by atoms with E-state index in [1.54, 1.807) is 18.3 Å². The minimum atomic E-state index is -0.752. The summed E-state index contributed by atoms with van der Waals surface area (Å²) in [5.41, 5.74) is 2.13. The maximum absolute atomic E-state index is 12.1. The molecule has 1 unspecified atom stereocenters. The minimum Gasteiger partial charge on any atom is -0.480 e. The van der Waals surface area contributed by atoms with Gasteiger partial charge in [0.25, 0.3) is 5.91 Å². The number of aliphatic hydroxyl groups is 1. The first-order valence-electron chi connectivity index (χ1n) is 6.64. The van der Waals surface area contributed by atoms with Crippen LogP contribution in [0.15, 0.2) is 42.6 Å². The molecule has 2 rings (SSSR count). The number of hydrogen-bond donors (Lipinski definition) is 2. The van der Waals surface area contributed by atoms with Gasteiger partial charge in [-0.05, 0) is 30.2 Å². The van der Waals surface area contributed by atoms with Crippen LogP contribution in [0, 0.1) is 6.92 Å². The third-order valence-electron chi connectivity index (χ3n) is 3.21. The normalized spacial score (nSPS) is 11.8. The summed E-state index contributed by atoms with van der Waals surface area (Å²) in [4.78, 5) is 16.1. The molecule has 0 spiro atoms. The van der Waals surface area contributed by atoms with E-state index >= 15 is 0 Å². The Kier molecular flexibility index (Phi) is 4.90. The summed E-state index contributed by atoms with van der Waals surface area (Å²) in [5, 5.41) is 12.9. The lowest BCUT2D eigenvalue weighted by Gasteiger charge is -2.15. The SMILES string of the molecule is COc1ncccc1C(=O)NCC(O)c1ccccc1C. The van der Waals surface area contributed by atoms with Crippen molar-refractivity contribution in [3.63, 3.8) is 0 Å².